The Kier molecular flexibility index (Phi) is 5.41. The Morgan fingerprint density at radius 1 is 1.23 bits per heavy atom. The quantitative estimate of drug-likeness (QED) is 0.741. The smallest absolute Gasteiger partial charge is 0.261 e. The Labute approximate surface area is 150 Å². The van der Waals surface area contributed by atoms with Gasteiger partial charge in [0.2, 0.25) is 5.91 Å². The summed E-state index contributed by atoms with van der Waals surface area (Å²) in [6, 6.07) is 13.8. The van der Waals surface area contributed by atoms with Gasteiger partial charge in [-0.25, -0.2) is 9.37 Å². The van der Waals surface area contributed by atoms with Gasteiger partial charge in [-0.1, -0.05) is 37.3 Å². The van der Waals surface area contributed by atoms with Crippen molar-refractivity contribution < 1.29 is 9.18 Å². The monoisotopic (exact) mass is 353 g/mol. The van der Waals surface area contributed by atoms with Crippen molar-refractivity contribution in [2.45, 2.75) is 25.8 Å². The van der Waals surface area contributed by atoms with Gasteiger partial charge in [-0.15, -0.1) is 0 Å². The molecule has 0 spiro atoms. The molecule has 3 aromatic rings. The molecule has 0 aliphatic rings. The molecule has 0 unspecified atom stereocenters. The van der Waals surface area contributed by atoms with Crippen LogP contribution >= 0.6 is 0 Å². The van der Waals surface area contributed by atoms with Gasteiger partial charge in [0.05, 0.1) is 17.2 Å². The van der Waals surface area contributed by atoms with Crippen LogP contribution < -0.4 is 10.9 Å². The van der Waals surface area contributed by atoms with E-state index in [1.165, 1.54) is 34.7 Å². The number of fused-ring (bicyclic) bond motifs is 1. The second kappa shape index (κ2) is 7.91. The van der Waals surface area contributed by atoms with E-state index in [2.05, 4.69) is 17.2 Å². The fourth-order valence-corrected chi connectivity index (χ4v) is 2.91. The molecule has 6 heteroatoms. The molecular formula is C20H20FN3O2. The number of nitrogens with one attached hydrogen (secondary N) is 1. The van der Waals surface area contributed by atoms with Crippen LogP contribution in [0.3, 0.4) is 0 Å². The highest BCUT2D eigenvalue weighted by atomic mass is 19.1. The van der Waals surface area contributed by atoms with Crippen LogP contribution in [-0.4, -0.2) is 22.0 Å². The Bertz CT molecular complexity index is 970. The molecule has 0 aliphatic heterocycles. The summed E-state index contributed by atoms with van der Waals surface area (Å²) in [4.78, 5) is 28.7. The summed E-state index contributed by atoms with van der Waals surface area (Å²) in [5, 5.41) is 3.17. The van der Waals surface area contributed by atoms with Gasteiger partial charge in [-0.3, -0.25) is 14.2 Å². The number of carbonyl (C=O) groups is 1. The average Bonchev–Trinajstić information content (AvgIpc) is 2.65. The summed E-state index contributed by atoms with van der Waals surface area (Å²) in [5.41, 5.74) is 1.09. The molecule has 1 heterocycles. The van der Waals surface area contributed by atoms with Crippen molar-refractivity contribution in [1.29, 1.82) is 0 Å². The minimum Gasteiger partial charge on any atom is -0.354 e. The highest BCUT2D eigenvalue weighted by Gasteiger charge is 2.12. The van der Waals surface area contributed by atoms with E-state index in [4.69, 9.17) is 0 Å². The number of nitrogens with zero attached hydrogens (tertiary/aromatic N) is 2. The normalized spacial score (nSPS) is 12.1. The van der Waals surface area contributed by atoms with E-state index in [1.807, 2.05) is 30.3 Å². The van der Waals surface area contributed by atoms with E-state index in [0.717, 1.165) is 6.42 Å². The fraction of sp³-hybridized carbons (Fsp3) is 0.250. The number of benzene rings is 2. The zero-order chi connectivity index (χ0) is 18.5. The van der Waals surface area contributed by atoms with Gasteiger partial charge in [0, 0.05) is 18.5 Å². The lowest BCUT2D eigenvalue weighted by Gasteiger charge is -2.16. The van der Waals surface area contributed by atoms with Gasteiger partial charge in [0.15, 0.2) is 0 Å². The summed E-state index contributed by atoms with van der Waals surface area (Å²) in [6.45, 7) is 2.45. The molecule has 1 atom stereocenters. The highest BCUT2D eigenvalue weighted by molar-refractivity contribution is 5.79. The number of halogens is 1. The van der Waals surface area contributed by atoms with Crippen LogP contribution in [0.15, 0.2) is 59.7 Å². The molecule has 0 fully saturated rings. The predicted octanol–water partition coefficient (Wildman–Crippen LogP) is 2.85. The molecule has 3 rings (SSSR count). The number of hydrogen-bond donors (Lipinski definition) is 1. The van der Waals surface area contributed by atoms with Gasteiger partial charge >= 0.3 is 0 Å². The Hall–Kier alpha value is -3.02. The molecule has 2 aromatic carbocycles. The van der Waals surface area contributed by atoms with Gasteiger partial charge in [0.25, 0.3) is 5.56 Å². The van der Waals surface area contributed by atoms with Crippen molar-refractivity contribution in [3.05, 3.63) is 76.6 Å². The third-order valence-electron chi connectivity index (χ3n) is 4.41. The summed E-state index contributed by atoms with van der Waals surface area (Å²) in [5.74, 6) is -0.495. The molecule has 0 saturated heterocycles. The summed E-state index contributed by atoms with van der Waals surface area (Å²) >= 11 is 0. The van der Waals surface area contributed by atoms with E-state index < -0.39 is 5.82 Å². The molecule has 1 aromatic heterocycles. The van der Waals surface area contributed by atoms with E-state index in [1.54, 1.807) is 0 Å². The van der Waals surface area contributed by atoms with Crippen molar-refractivity contribution in [1.82, 2.24) is 14.9 Å². The predicted molar refractivity (Wildman–Crippen MR) is 98.4 cm³/mol. The van der Waals surface area contributed by atoms with Crippen LogP contribution in [0.1, 0.15) is 24.8 Å². The van der Waals surface area contributed by atoms with Gasteiger partial charge in [-0.05, 0) is 24.1 Å². The molecule has 0 bridgehead atoms. The molecule has 134 valence electrons. The molecule has 5 nitrogen and oxygen atoms in total. The SMILES string of the molecule is CC[C@@H](CNC(=O)Cn1cnc2cc(F)ccc2c1=O)c1ccccc1. The van der Waals surface area contributed by atoms with Crippen LogP contribution in [0.25, 0.3) is 10.9 Å². The van der Waals surface area contributed by atoms with E-state index in [9.17, 15) is 14.0 Å². The standard InChI is InChI=1S/C20H20FN3O2/c1-2-14(15-6-4-3-5-7-15)11-22-19(25)12-24-13-23-18-10-16(21)8-9-17(18)20(24)26/h3-10,13-14H,2,11-12H2,1H3,(H,22,25)/t14-/m0/s1. The third-order valence-corrected chi connectivity index (χ3v) is 4.41. The van der Waals surface area contributed by atoms with Crippen molar-refractivity contribution in [3.8, 4) is 0 Å². The topological polar surface area (TPSA) is 64.0 Å². The van der Waals surface area contributed by atoms with Gasteiger partial charge < -0.3 is 5.32 Å². The third kappa shape index (κ3) is 3.96. The lowest BCUT2D eigenvalue weighted by Crippen LogP contribution is -2.34. The summed E-state index contributed by atoms with van der Waals surface area (Å²) in [7, 11) is 0. The zero-order valence-corrected chi connectivity index (χ0v) is 14.5. The maximum Gasteiger partial charge on any atom is 0.261 e. The molecule has 1 amide bonds. The Balaban J connectivity index is 1.68. The van der Waals surface area contributed by atoms with Crippen LogP contribution in [0.2, 0.25) is 0 Å². The van der Waals surface area contributed by atoms with Crippen LogP contribution in [-0.2, 0) is 11.3 Å². The number of amides is 1. The molecule has 0 aliphatic carbocycles. The first-order valence-corrected chi connectivity index (χ1v) is 8.55. The van der Waals surface area contributed by atoms with E-state index in [0.29, 0.717) is 6.54 Å². The summed E-state index contributed by atoms with van der Waals surface area (Å²) in [6.07, 6.45) is 2.17. The fourth-order valence-electron chi connectivity index (χ4n) is 2.91. The molecule has 0 saturated carbocycles. The second-order valence-electron chi connectivity index (χ2n) is 6.16. The maximum absolute atomic E-state index is 13.2. The Morgan fingerprint density at radius 3 is 2.73 bits per heavy atom. The van der Waals surface area contributed by atoms with Gasteiger partial charge in [-0.2, -0.15) is 0 Å². The lowest BCUT2D eigenvalue weighted by atomic mass is 9.96. The number of aromatic nitrogens is 2. The molecule has 0 radical (unpaired) electrons. The zero-order valence-electron chi connectivity index (χ0n) is 14.5. The average molecular weight is 353 g/mol. The molecule has 1 N–H and O–H groups in total. The highest BCUT2D eigenvalue weighted by Crippen LogP contribution is 2.17. The van der Waals surface area contributed by atoms with Crippen molar-refractivity contribution >= 4 is 16.8 Å². The minimum atomic E-state index is -0.452. The number of hydrogen-bond acceptors (Lipinski definition) is 3. The maximum atomic E-state index is 13.2. The van der Waals surface area contributed by atoms with Gasteiger partial charge in [0.1, 0.15) is 12.4 Å². The largest absolute Gasteiger partial charge is 0.354 e. The molecule has 26 heavy (non-hydrogen) atoms. The molecular weight excluding hydrogens is 333 g/mol. The van der Waals surface area contributed by atoms with Crippen LogP contribution in [0.4, 0.5) is 4.39 Å². The van der Waals surface area contributed by atoms with Crippen LogP contribution in [0, 0.1) is 5.82 Å². The number of rotatable bonds is 6. The number of carbonyl (C=O) groups excluding carboxylic acids is 1. The first-order valence-electron chi connectivity index (χ1n) is 8.55. The lowest BCUT2D eigenvalue weighted by molar-refractivity contribution is -0.121. The second-order valence-corrected chi connectivity index (χ2v) is 6.16. The van der Waals surface area contributed by atoms with Crippen molar-refractivity contribution in [2.75, 3.05) is 6.54 Å². The minimum absolute atomic E-state index is 0.121. The van der Waals surface area contributed by atoms with Crippen LogP contribution in [0.5, 0.6) is 0 Å². The van der Waals surface area contributed by atoms with Crippen molar-refractivity contribution in [3.63, 3.8) is 0 Å². The van der Waals surface area contributed by atoms with E-state index >= 15 is 0 Å². The van der Waals surface area contributed by atoms with Crippen molar-refractivity contribution in [2.24, 2.45) is 0 Å². The first-order chi connectivity index (χ1) is 12.6. The summed E-state index contributed by atoms with van der Waals surface area (Å²) < 4.78 is 14.5. The van der Waals surface area contributed by atoms with E-state index in [-0.39, 0.29) is 34.8 Å². The first kappa shape index (κ1) is 17.8. The Morgan fingerprint density at radius 2 is 2.00 bits per heavy atom.